The summed E-state index contributed by atoms with van der Waals surface area (Å²) in [6, 6.07) is 21.6. The van der Waals surface area contributed by atoms with Gasteiger partial charge in [0.05, 0.1) is 19.9 Å². The number of rotatable bonds is 5. The monoisotopic (exact) mass is 785 g/mol. The maximum Gasteiger partial charge on any atom is 0.216 e. The molecule has 229 valence electrons. The number of fused-ring (bicyclic) bond motifs is 3. The zero-order valence-corrected chi connectivity index (χ0v) is 29.3. The van der Waals surface area contributed by atoms with Gasteiger partial charge in [-0.15, -0.1) is 53.6 Å². The average molecular weight is 785 g/mol. The summed E-state index contributed by atoms with van der Waals surface area (Å²) in [5, 5.41) is 2.57. The van der Waals surface area contributed by atoms with Crippen LogP contribution in [-0.4, -0.2) is 23.0 Å². The second-order valence-electron chi connectivity index (χ2n) is 12.0. The van der Waals surface area contributed by atoms with Crippen molar-refractivity contribution in [2.45, 2.75) is 66.0 Å². The van der Waals surface area contributed by atoms with Crippen molar-refractivity contribution in [3.63, 3.8) is 0 Å². The Bertz CT molecular complexity index is 2100. The van der Waals surface area contributed by atoms with E-state index in [-0.39, 0.29) is 25.7 Å². The summed E-state index contributed by atoms with van der Waals surface area (Å²) >= 11 is 0. The SMILES string of the molecule is [2H]C(C)(C)c1ccnc(-c2[c-]ccc3c2oc2ncc(F)cc23)c1.[2H]C([2H])([2H])c1c[c-]c(-c2cc(C([2H])(C)C)c([Si](C)(C)C)cn2)cc1.[Ir]. The third kappa shape index (κ3) is 7.23. The van der Waals surface area contributed by atoms with Crippen LogP contribution in [0.15, 0.2) is 77.6 Å². The second kappa shape index (κ2) is 13.6. The molecule has 2 aromatic carbocycles. The maximum atomic E-state index is 13.5. The predicted molar refractivity (Wildman–Crippen MR) is 178 cm³/mol. The van der Waals surface area contributed by atoms with Crippen LogP contribution in [0.25, 0.3) is 44.6 Å². The van der Waals surface area contributed by atoms with E-state index in [1.807, 2.05) is 58.2 Å². The van der Waals surface area contributed by atoms with Crippen LogP contribution in [0.5, 0.6) is 0 Å². The number of hydrogen-bond donors (Lipinski definition) is 0. The minimum absolute atomic E-state index is 0. The van der Waals surface area contributed by atoms with E-state index < -0.39 is 32.5 Å². The largest absolute Gasteiger partial charge is 0.486 e. The molecule has 6 rings (SSSR count). The van der Waals surface area contributed by atoms with Crippen molar-refractivity contribution in [3.05, 3.63) is 108 Å². The van der Waals surface area contributed by atoms with Crippen molar-refractivity contribution in [2.24, 2.45) is 0 Å². The molecule has 0 fully saturated rings. The molecule has 1 radical (unpaired) electrons. The van der Waals surface area contributed by atoms with E-state index in [4.69, 9.17) is 11.3 Å². The molecule has 4 nitrogen and oxygen atoms in total. The summed E-state index contributed by atoms with van der Waals surface area (Å²) in [5.41, 5.74) is 5.86. The zero-order valence-electron chi connectivity index (χ0n) is 30.9. The Balaban J connectivity index is 0.000000216. The van der Waals surface area contributed by atoms with Gasteiger partial charge in [-0.1, -0.05) is 88.4 Å². The van der Waals surface area contributed by atoms with Crippen molar-refractivity contribution in [3.8, 4) is 22.5 Å². The predicted octanol–water partition coefficient (Wildman–Crippen LogP) is 9.63. The Morgan fingerprint density at radius 1 is 0.886 bits per heavy atom. The van der Waals surface area contributed by atoms with Gasteiger partial charge in [0.2, 0.25) is 5.71 Å². The first-order chi connectivity index (χ1) is 22.2. The first-order valence-electron chi connectivity index (χ1n) is 16.6. The molecule has 0 atom stereocenters. The molecule has 0 bridgehead atoms. The first-order valence-corrected chi connectivity index (χ1v) is 17.6. The van der Waals surface area contributed by atoms with Gasteiger partial charge in [-0.25, -0.2) is 9.37 Å². The van der Waals surface area contributed by atoms with Gasteiger partial charge in [0, 0.05) is 44.7 Å². The molecule has 6 aromatic rings. The van der Waals surface area contributed by atoms with Crippen LogP contribution in [0.3, 0.4) is 0 Å². The molecule has 7 heteroatoms. The van der Waals surface area contributed by atoms with E-state index in [2.05, 4.69) is 46.7 Å². The summed E-state index contributed by atoms with van der Waals surface area (Å²) in [6.45, 7) is 12.0. The fourth-order valence-corrected chi connectivity index (χ4v) is 6.45. The Hall–Kier alpha value is -3.51. The van der Waals surface area contributed by atoms with Gasteiger partial charge in [-0.05, 0) is 40.5 Å². The van der Waals surface area contributed by atoms with Crippen LogP contribution in [-0.2, 0) is 20.1 Å². The maximum absolute atomic E-state index is 13.5. The average Bonchev–Trinajstić information content (AvgIpc) is 3.37. The normalized spacial score (nSPS) is 14.0. The number of aryl methyl sites for hydroxylation is 1. The van der Waals surface area contributed by atoms with Crippen molar-refractivity contribution in [1.82, 2.24) is 15.0 Å². The molecular weight excluding hydrogens is 742 g/mol. The van der Waals surface area contributed by atoms with Gasteiger partial charge in [0.25, 0.3) is 0 Å². The van der Waals surface area contributed by atoms with Gasteiger partial charge in [-0.2, -0.15) is 0 Å². The van der Waals surface area contributed by atoms with E-state index in [9.17, 15) is 4.39 Å². The fraction of sp³-hybridized carbons (Fsp3) is 0.270. The van der Waals surface area contributed by atoms with E-state index in [1.165, 1.54) is 17.3 Å². The van der Waals surface area contributed by atoms with E-state index in [1.54, 1.807) is 24.4 Å². The third-order valence-corrected chi connectivity index (χ3v) is 9.20. The van der Waals surface area contributed by atoms with Crippen molar-refractivity contribution in [1.29, 1.82) is 0 Å². The number of halogens is 1. The van der Waals surface area contributed by atoms with Crippen LogP contribution < -0.4 is 5.19 Å². The quantitative estimate of drug-likeness (QED) is 0.129. The summed E-state index contributed by atoms with van der Waals surface area (Å²) in [4.78, 5) is 13.0. The zero-order chi connectivity index (χ0) is 35.2. The summed E-state index contributed by atoms with van der Waals surface area (Å²) in [7, 11) is -1.61. The second-order valence-corrected chi connectivity index (χ2v) is 17.0. The van der Waals surface area contributed by atoms with Gasteiger partial charge >= 0.3 is 0 Å². The molecule has 0 unspecified atom stereocenters. The topological polar surface area (TPSA) is 51.8 Å². The van der Waals surface area contributed by atoms with Crippen molar-refractivity contribution in [2.75, 3.05) is 0 Å². The van der Waals surface area contributed by atoms with E-state index in [0.29, 0.717) is 27.9 Å². The molecule has 44 heavy (non-hydrogen) atoms. The Morgan fingerprint density at radius 2 is 1.68 bits per heavy atom. The molecule has 4 aromatic heterocycles. The van der Waals surface area contributed by atoms with Gasteiger partial charge in [0.15, 0.2) is 0 Å². The van der Waals surface area contributed by atoms with Crippen LogP contribution in [0.4, 0.5) is 4.39 Å². The van der Waals surface area contributed by atoms with Crippen LogP contribution in [0, 0.1) is 24.8 Å². The molecule has 0 aliphatic carbocycles. The molecule has 0 saturated heterocycles. The molecule has 0 aliphatic heterocycles. The first kappa shape index (κ1) is 26.9. The van der Waals surface area contributed by atoms with Crippen LogP contribution in [0.2, 0.25) is 19.6 Å². The summed E-state index contributed by atoms with van der Waals surface area (Å²) in [6.07, 6.45) is 4.70. The molecule has 0 N–H and O–H groups in total. The van der Waals surface area contributed by atoms with Gasteiger partial charge in [0.1, 0.15) is 5.82 Å². The summed E-state index contributed by atoms with van der Waals surface area (Å²) in [5.74, 6) is -1.86. The molecule has 0 spiro atoms. The molecule has 0 amide bonds. The molecule has 0 aliphatic rings. The van der Waals surface area contributed by atoms with Crippen molar-refractivity contribution >= 4 is 35.3 Å². The number of aromatic nitrogens is 3. The Morgan fingerprint density at radius 3 is 2.34 bits per heavy atom. The summed E-state index contributed by atoms with van der Waals surface area (Å²) < 4.78 is 58.3. The third-order valence-electron chi connectivity index (χ3n) is 7.19. The number of pyridine rings is 3. The number of hydrogen-bond acceptors (Lipinski definition) is 4. The van der Waals surface area contributed by atoms with Crippen LogP contribution >= 0.6 is 0 Å². The van der Waals surface area contributed by atoms with Crippen LogP contribution in [0.1, 0.15) is 63.0 Å². The van der Waals surface area contributed by atoms with E-state index >= 15 is 0 Å². The molecular formula is C37H38FIrN3OSi-2. The minimum Gasteiger partial charge on any atom is -0.486 e. The molecule has 4 heterocycles. The standard InChI is InChI=1S/C19H14FN2O.C18H24NSi.Ir/c1-11(2)12-6-7-21-17(8-12)15-5-3-4-14-16-9-13(20)10-22-19(16)23-18(14)15;1-13(2)16-11-17(15-9-7-14(3)8-10-15)19-12-18(16)20(4,5)6;/h3-4,6-11H,1-2H3;7-9,11-13H,1-6H3;/q2*-1;/i11D;3D3,13D;. The minimum atomic E-state index is -2.13. The van der Waals surface area contributed by atoms with Gasteiger partial charge in [-0.3, -0.25) is 0 Å². The smallest absolute Gasteiger partial charge is 0.216 e. The van der Waals surface area contributed by atoms with Crippen molar-refractivity contribution < 1.29 is 35.8 Å². The molecule has 0 saturated carbocycles. The number of benzene rings is 2. The van der Waals surface area contributed by atoms with E-state index in [0.717, 1.165) is 34.0 Å². The van der Waals surface area contributed by atoms with Gasteiger partial charge < -0.3 is 14.4 Å². The fourth-order valence-electron chi connectivity index (χ4n) is 4.87. The Kier molecular flexibility index (Phi) is 8.32. The number of furan rings is 1. The number of nitrogens with zero attached hydrogens (tertiary/aromatic N) is 3. The Labute approximate surface area is 281 Å².